The number of hydrogen-bond donors (Lipinski definition) is 2. The Labute approximate surface area is 352 Å². The van der Waals surface area contributed by atoms with E-state index in [2.05, 4.69) is 0 Å². The van der Waals surface area contributed by atoms with E-state index in [9.17, 15) is 62.9 Å². The number of rotatable bonds is 5. The van der Waals surface area contributed by atoms with Crippen molar-refractivity contribution in [2.24, 2.45) is 0 Å². The van der Waals surface area contributed by atoms with Crippen molar-refractivity contribution in [2.75, 3.05) is 0 Å². The van der Waals surface area contributed by atoms with Crippen LogP contribution in [0.5, 0.6) is 0 Å². The molecule has 2 unspecified atom stereocenters. The average molecular weight is 1030 g/mol. The molecule has 0 fully saturated rings. The van der Waals surface area contributed by atoms with Crippen LogP contribution in [0.15, 0.2) is 97.1 Å². The summed E-state index contributed by atoms with van der Waals surface area (Å²) >= 11 is 0. The van der Waals surface area contributed by atoms with Crippen molar-refractivity contribution in [3.63, 3.8) is 0 Å². The fourth-order valence-electron chi connectivity index (χ4n) is 8.48. The van der Waals surface area contributed by atoms with E-state index in [1.807, 2.05) is 0 Å². The topological polar surface area (TPSA) is 58.9 Å². The van der Waals surface area contributed by atoms with E-state index in [-0.39, 0.29) is 72.8 Å². The quantitative estimate of drug-likeness (QED) is 0.155. The largest absolute Gasteiger partial charge is 0.430 e. The van der Waals surface area contributed by atoms with Crippen LogP contribution in [0, 0.1) is 0 Å². The Balaban J connectivity index is 2.13. The highest BCUT2D eigenvalue weighted by Crippen LogP contribution is 2.63. The first-order valence-corrected chi connectivity index (χ1v) is 22.2. The van der Waals surface area contributed by atoms with Gasteiger partial charge in [-0.25, -0.2) is 0 Å². The van der Waals surface area contributed by atoms with Crippen LogP contribution >= 0.6 is 0 Å². The van der Waals surface area contributed by atoms with Gasteiger partial charge in [-0.3, -0.25) is 0 Å². The minimum absolute atomic E-state index is 0.0123. The summed E-state index contributed by atoms with van der Waals surface area (Å²) in [5.41, 5.74) is -37.7. The normalized spacial score (nSPS) is 22.0. The molecule has 4 aromatic rings. The molecule has 66 heavy (non-hydrogen) atoms. The Bertz CT molecular complexity index is 2290. The fourth-order valence-corrected chi connectivity index (χ4v) is 25.7. The molecule has 6 rings (SSSR count). The van der Waals surface area contributed by atoms with Crippen molar-refractivity contribution in [1.82, 2.24) is 0 Å². The van der Waals surface area contributed by atoms with Crippen LogP contribution in [0.1, 0.15) is 22.3 Å². The minimum atomic E-state index is -8.31. The summed E-state index contributed by atoms with van der Waals surface area (Å²) in [5.74, 6) is 0. The van der Waals surface area contributed by atoms with Crippen molar-refractivity contribution in [3.8, 4) is 0 Å². The lowest BCUT2D eigenvalue weighted by Crippen LogP contribution is -2.88. The van der Waals surface area contributed by atoms with Gasteiger partial charge in [0.1, 0.15) is 0 Å². The van der Waals surface area contributed by atoms with Crippen LogP contribution in [0.4, 0.5) is 105 Å². The zero-order chi connectivity index (χ0) is 50.3. The van der Waals surface area contributed by atoms with Gasteiger partial charge in [0.25, 0.3) is 38.1 Å². The van der Waals surface area contributed by atoms with E-state index in [0.29, 0.717) is 0 Å². The fraction of sp³-hybridized carbons (Fsp3) is 0.333. The summed E-state index contributed by atoms with van der Waals surface area (Å²) < 4.78 is 376. The molecule has 4 nitrogen and oxygen atoms in total. The van der Waals surface area contributed by atoms with Crippen molar-refractivity contribution < 1.29 is 124 Å². The van der Waals surface area contributed by atoms with Crippen LogP contribution in [-0.4, -0.2) is 75.3 Å². The van der Waals surface area contributed by atoms with Gasteiger partial charge in [-0.15, -0.1) is 0 Å². The number of halogens is 24. The second-order valence-corrected chi connectivity index (χ2v) is 24.0. The van der Waals surface area contributed by atoms with Crippen molar-refractivity contribution in [2.45, 2.75) is 71.8 Å². The number of fused-ring (bicyclic) bond motifs is 2. The Morgan fingerprint density at radius 2 is 0.530 bits per heavy atom. The van der Waals surface area contributed by atoms with Gasteiger partial charge >= 0.3 is 49.4 Å². The number of hydrogen-bond acceptors (Lipinski definition) is 4. The molecule has 0 bridgehead atoms. The highest BCUT2D eigenvalue weighted by atomic mass is 29.3. The molecule has 0 spiro atoms. The van der Waals surface area contributed by atoms with Crippen LogP contribution in [-0.2, 0) is 31.3 Å². The first-order chi connectivity index (χ1) is 29.6. The van der Waals surface area contributed by atoms with Gasteiger partial charge in [-0.2, -0.15) is 105 Å². The Morgan fingerprint density at radius 3 is 0.758 bits per heavy atom. The lowest BCUT2D eigenvalue weighted by Gasteiger charge is -2.49. The summed E-state index contributed by atoms with van der Waals surface area (Å²) in [7, 11) is -16.6. The second kappa shape index (κ2) is 14.5. The van der Waals surface area contributed by atoms with Crippen LogP contribution in [0.2, 0.25) is 0 Å². The third-order valence-corrected chi connectivity index (χ3v) is 24.9. The molecule has 30 heteroatoms. The first kappa shape index (κ1) is 50.9. The monoisotopic (exact) mass is 1030 g/mol. The molecule has 4 aromatic carbocycles. The van der Waals surface area contributed by atoms with Gasteiger partial charge in [0, 0.05) is 22.3 Å². The minimum Gasteiger partial charge on any atom is -0.383 e. The lowest BCUT2D eigenvalue weighted by molar-refractivity contribution is -0.376. The third-order valence-electron chi connectivity index (χ3n) is 11.1. The molecule has 2 aliphatic heterocycles. The molecular formula is C36H18F24O4Si2. The molecule has 0 amide bonds. The van der Waals surface area contributed by atoms with E-state index < -0.39 is 155 Å². The highest BCUT2D eigenvalue weighted by molar-refractivity contribution is 7.56. The van der Waals surface area contributed by atoms with Crippen molar-refractivity contribution >= 4 is 36.4 Å². The average Bonchev–Trinajstić information content (AvgIpc) is 3.68. The first-order valence-electron chi connectivity index (χ1n) is 17.4. The number of benzene rings is 4. The molecule has 2 atom stereocenters. The van der Waals surface area contributed by atoms with Crippen LogP contribution < -0.4 is 20.7 Å². The second-order valence-electron chi connectivity index (χ2n) is 14.5. The summed E-state index contributed by atoms with van der Waals surface area (Å²) in [6, 6.07) is -2.13. The molecule has 0 aromatic heterocycles. The highest BCUT2D eigenvalue weighted by Gasteiger charge is 2.90. The van der Waals surface area contributed by atoms with E-state index in [0.717, 1.165) is 0 Å². The molecule has 2 aliphatic rings. The molecule has 0 saturated carbocycles. The molecule has 2 N–H and O–H groups in total. The van der Waals surface area contributed by atoms with E-state index in [1.54, 1.807) is 0 Å². The van der Waals surface area contributed by atoms with Gasteiger partial charge in [0.15, 0.2) is 0 Å². The molecule has 0 aliphatic carbocycles. The van der Waals surface area contributed by atoms with Gasteiger partial charge in [0.05, 0.1) is 0 Å². The Morgan fingerprint density at radius 1 is 0.318 bits per heavy atom. The SMILES string of the molecule is OC(c1ccccc1[Si]1([Si]2(c3ccccc3C(O)(C(F)(F)F)C(F)(F)F)OC(C(F)(F)F)(C(F)(F)F)c3ccccc32)OC(C(F)(F)F)(C(F)(F)F)c2ccccc21)(C(F)(F)F)C(F)(F)F. The van der Waals surface area contributed by atoms with Crippen molar-refractivity contribution in [3.05, 3.63) is 119 Å². The molecule has 2 heterocycles. The zero-order valence-corrected chi connectivity index (χ0v) is 33.0. The van der Waals surface area contributed by atoms with Crippen molar-refractivity contribution in [1.29, 1.82) is 0 Å². The zero-order valence-electron chi connectivity index (χ0n) is 31.0. The summed E-state index contributed by atoms with van der Waals surface area (Å²) in [4.78, 5) is 0. The summed E-state index contributed by atoms with van der Waals surface area (Å²) in [5, 5.41) is 11.7. The smallest absolute Gasteiger partial charge is 0.383 e. The van der Waals surface area contributed by atoms with Gasteiger partial charge in [-0.1, -0.05) is 97.1 Å². The van der Waals surface area contributed by atoms with E-state index >= 15 is 52.7 Å². The lowest BCUT2D eigenvalue weighted by atomic mass is 9.92. The number of alkyl halides is 24. The van der Waals surface area contributed by atoms with Crippen LogP contribution in [0.3, 0.4) is 0 Å². The maximum atomic E-state index is 15.6. The Hall–Kier alpha value is -4.53. The van der Waals surface area contributed by atoms with E-state index in [4.69, 9.17) is 8.85 Å². The molecule has 0 saturated heterocycles. The maximum absolute atomic E-state index is 15.6. The molecule has 362 valence electrons. The predicted octanol–water partition coefficient (Wildman–Crippen LogP) is 8.91. The maximum Gasteiger partial charge on any atom is 0.430 e. The standard InChI is InChI=1S/C36H18F24O4Si2/c37-29(38,39)25(61,30(40,41)42)17-9-1-5-13-21(17)65(23-15-7-3-11-19(23)27(63-65,33(49,50)51)34(52,53)54)66(22-14-6-2-10-18(22)26(62,31(43,44)45)32(46,47)48)24-16-8-4-12-20(24)28(64-66,35(55,56)57)36(58,59)60/h1-16,61-62H. The van der Waals surface area contributed by atoms with Crippen LogP contribution in [0.25, 0.3) is 0 Å². The van der Waals surface area contributed by atoms with Gasteiger partial charge in [-0.05, 0) is 20.7 Å². The summed E-state index contributed by atoms with van der Waals surface area (Å²) in [6.07, 6.45) is -58.5. The third kappa shape index (κ3) is 6.24. The molecular weight excluding hydrogens is 1010 g/mol. The molecule has 0 radical (unpaired) electrons. The van der Waals surface area contributed by atoms with Gasteiger partial charge < -0.3 is 19.1 Å². The van der Waals surface area contributed by atoms with E-state index in [1.165, 1.54) is 0 Å². The Kier molecular flexibility index (Phi) is 11.2. The summed E-state index contributed by atoms with van der Waals surface area (Å²) in [6.45, 7) is 0. The number of aliphatic hydroxyl groups is 2. The van der Waals surface area contributed by atoms with Gasteiger partial charge in [0.2, 0.25) is 0 Å². The predicted molar refractivity (Wildman–Crippen MR) is 178 cm³/mol.